The van der Waals surface area contributed by atoms with Gasteiger partial charge < -0.3 is 4.74 Å². The molecule has 7 heteroatoms. The van der Waals surface area contributed by atoms with Crippen molar-refractivity contribution in [2.75, 3.05) is 6.61 Å². The number of halogens is 5. The zero-order valence-electron chi connectivity index (χ0n) is 7.23. The molecule has 0 aliphatic carbocycles. The Hall–Kier alpha value is -1.14. The lowest BCUT2D eigenvalue weighted by Gasteiger charge is -2.14. The molecule has 0 atom stereocenters. The number of rotatable bonds is 4. The molecule has 0 unspecified atom stereocenters. The van der Waals surface area contributed by atoms with Crippen molar-refractivity contribution in [1.29, 1.82) is 0 Å². The van der Waals surface area contributed by atoms with Crippen LogP contribution in [0.3, 0.4) is 0 Å². The number of carbonyl (C=O) groups is 1. The van der Waals surface area contributed by atoms with Crippen LogP contribution in [0.25, 0.3) is 0 Å². The molecular formula is C7H9F5O2. The van der Waals surface area contributed by atoms with E-state index in [9.17, 15) is 22.4 Å². The number of carbonyl (C=O) groups excluding carboxylic acids is 1. The molecule has 0 amide bonds. The quantitative estimate of drug-likeness (QED) is 0.412. The third-order valence-electron chi connectivity index (χ3n) is 1.06. The minimum absolute atomic E-state index is 0. The normalized spacial score (nSPS) is 10.7. The molecule has 0 aromatic carbocycles. The van der Waals surface area contributed by atoms with Crippen LogP contribution in [0.4, 0.5) is 22.3 Å². The van der Waals surface area contributed by atoms with Gasteiger partial charge in [-0.15, -0.1) is 0 Å². The third-order valence-corrected chi connectivity index (χ3v) is 1.06. The first-order valence-corrected chi connectivity index (χ1v) is 3.26. The summed E-state index contributed by atoms with van der Waals surface area (Å²) in [5, 5.41) is 0. The van der Waals surface area contributed by atoms with Gasteiger partial charge in [0.15, 0.2) is 6.61 Å². The highest BCUT2D eigenvalue weighted by Crippen LogP contribution is 2.23. The van der Waals surface area contributed by atoms with E-state index in [1.165, 1.54) is 6.92 Å². The molecule has 14 heavy (non-hydrogen) atoms. The number of hydrogen-bond acceptors (Lipinski definition) is 2. The first-order chi connectivity index (χ1) is 5.77. The van der Waals surface area contributed by atoms with Crippen LogP contribution < -0.4 is 0 Å². The summed E-state index contributed by atoms with van der Waals surface area (Å²) in [6, 6.07) is 0. The minimum atomic E-state index is -4.30. The summed E-state index contributed by atoms with van der Waals surface area (Å²) in [7, 11) is 0. The fourth-order valence-corrected chi connectivity index (χ4v) is 0.348. The smallest absolute Gasteiger partial charge is 0.340 e. The van der Waals surface area contributed by atoms with E-state index in [1.807, 2.05) is 0 Å². The molecule has 0 aliphatic heterocycles. The molecule has 0 heterocycles. The Morgan fingerprint density at radius 2 is 1.93 bits per heavy atom. The summed E-state index contributed by atoms with van der Waals surface area (Å²) in [4.78, 5) is 10.5. The summed E-state index contributed by atoms with van der Waals surface area (Å²) in [5.74, 6) is -5.41. The molecule has 0 saturated carbocycles. The topological polar surface area (TPSA) is 26.3 Å². The molecule has 0 spiro atoms. The molecule has 0 N–H and O–H groups in total. The van der Waals surface area contributed by atoms with Crippen molar-refractivity contribution in [2.45, 2.75) is 19.3 Å². The van der Waals surface area contributed by atoms with Crippen LogP contribution in [0.1, 0.15) is 6.92 Å². The largest absolute Gasteiger partial charge is 0.456 e. The predicted octanol–water partition coefficient (Wildman–Crippen LogP) is 2.16. The van der Waals surface area contributed by atoms with Crippen molar-refractivity contribution in [3.63, 3.8) is 0 Å². The Morgan fingerprint density at radius 3 is 2.21 bits per heavy atom. The van der Waals surface area contributed by atoms with Gasteiger partial charge in [0, 0.05) is 5.57 Å². The first kappa shape index (κ1) is 15.3. The fourth-order valence-electron chi connectivity index (χ4n) is 0.348. The second-order valence-electron chi connectivity index (χ2n) is 2.42. The summed E-state index contributed by atoms with van der Waals surface area (Å²) < 4.78 is 51.1. The van der Waals surface area contributed by atoms with E-state index in [0.29, 0.717) is 0 Å². The second-order valence-corrected chi connectivity index (χ2v) is 2.42. The zero-order valence-corrected chi connectivity index (χ0v) is 7.23. The summed E-state index contributed by atoms with van der Waals surface area (Å²) >= 11 is 0. The van der Waals surface area contributed by atoms with Crippen LogP contribution in [-0.2, 0) is 9.53 Å². The Labute approximate surface area is 76.9 Å². The Morgan fingerprint density at radius 1 is 1.50 bits per heavy atom. The number of alkyl halides is 4. The van der Waals surface area contributed by atoms with E-state index < -0.39 is 24.9 Å². The first-order valence-electron chi connectivity index (χ1n) is 3.26. The van der Waals surface area contributed by atoms with Crippen molar-refractivity contribution in [2.24, 2.45) is 0 Å². The molecule has 0 rings (SSSR count). The highest BCUT2D eigenvalue weighted by Gasteiger charge is 2.42. The molecule has 0 bridgehead atoms. The van der Waals surface area contributed by atoms with Crippen LogP contribution in [0, 0.1) is 0 Å². The molecule has 2 nitrogen and oxygen atoms in total. The molecule has 0 aromatic rings. The van der Waals surface area contributed by atoms with Crippen LogP contribution in [-0.4, -0.2) is 24.9 Å². The highest BCUT2D eigenvalue weighted by molar-refractivity contribution is 5.86. The zero-order chi connectivity index (χ0) is 10.6. The minimum Gasteiger partial charge on any atom is -0.456 e. The Bertz CT molecular complexity index is 214. The molecule has 0 aromatic heterocycles. The summed E-state index contributed by atoms with van der Waals surface area (Å²) in [5.41, 5.74) is -0.120. The van der Waals surface area contributed by atoms with Crippen molar-refractivity contribution in [3.05, 3.63) is 12.2 Å². The van der Waals surface area contributed by atoms with E-state index >= 15 is 0 Å². The van der Waals surface area contributed by atoms with Gasteiger partial charge in [-0.2, -0.15) is 8.78 Å². The molecule has 0 fully saturated rings. The van der Waals surface area contributed by atoms with E-state index in [-0.39, 0.29) is 10.3 Å². The van der Waals surface area contributed by atoms with Crippen LogP contribution in [0.15, 0.2) is 12.2 Å². The summed E-state index contributed by atoms with van der Waals surface area (Å²) in [6.45, 7) is 2.69. The van der Waals surface area contributed by atoms with E-state index in [2.05, 4.69) is 11.3 Å². The van der Waals surface area contributed by atoms with Gasteiger partial charge >= 0.3 is 18.3 Å². The average molecular weight is 220 g/mol. The van der Waals surface area contributed by atoms with Gasteiger partial charge in [0.25, 0.3) is 0 Å². The number of esters is 1. The highest BCUT2D eigenvalue weighted by atomic mass is 19.3. The average Bonchev–Trinajstić information content (AvgIpc) is 1.99. The lowest BCUT2D eigenvalue weighted by atomic mass is 10.3. The SMILES string of the molecule is C=C(C)C(=O)OCC(F)(F)C(F)F.F. The number of ether oxygens (including phenoxy) is 1. The maximum Gasteiger partial charge on any atom is 0.340 e. The third kappa shape index (κ3) is 4.78. The van der Waals surface area contributed by atoms with E-state index in [0.717, 1.165) is 0 Å². The maximum atomic E-state index is 12.1. The van der Waals surface area contributed by atoms with Crippen LogP contribution >= 0.6 is 0 Å². The maximum absolute atomic E-state index is 12.1. The van der Waals surface area contributed by atoms with Gasteiger partial charge in [-0.3, -0.25) is 4.70 Å². The second kappa shape index (κ2) is 5.56. The summed E-state index contributed by atoms with van der Waals surface area (Å²) in [6.07, 6.45) is -3.84. The van der Waals surface area contributed by atoms with Crippen molar-refractivity contribution >= 4 is 5.97 Å². The molecule has 0 aliphatic rings. The van der Waals surface area contributed by atoms with E-state index in [1.54, 1.807) is 0 Å². The Kier molecular flexibility index (Phi) is 6.09. The standard InChI is InChI=1S/C7H8F4O2.FH/c1-4(2)5(12)13-3-7(10,11)6(8)9;/h6H,1,3H2,2H3;1H. The number of hydrogen-bond donors (Lipinski definition) is 0. The van der Waals surface area contributed by atoms with Gasteiger partial charge in [0.05, 0.1) is 0 Å². The molecule has 0 radical (unpaired) electrons. The van der Waals surface area contributed by atoms with Crippen molar-refractivity contribution in [1.82, 2.24) is 0 Å². The fraction of sp³-hybridized carbons (Fsp3) is 0.571. The van der Waals surface area contributed by atoms with Crippen LogP contribution in [0.2, 0.25) is 0 Å². The lowest BCUT2D eigenvalue weighted by molar-refractivity contribution is -0.176. The van der Waals surface area contributed by atoms with Gasteiger partial charge in [-0.05, 0) is 6.92 Å². The van der Waals surface area contributed by atoms with Crippen LogP contribution in [0.5, 0.6) is 0 Å². The van der Waals surface area contributed by atoms with Crippen molar-refractivity contribution in [3.8, 4) is 0 Å². The van der Waals surface area contributed by atoms with Gasteiger partial charge in [-0.25, -0.2) is 13.6 Å². The molecule has 84 valence electrons. The van der Waals surface area contributed by atoms with Gasteiger partial charge in [0.2, 0.25) is 0 Å². The molecular weight excluding hydrogens is 211 g/mol. The monoisotopic (exact) mass is 220 g/mol. The lowest BCUT2D eigenvalue weighted by Crippen LogP contribution is -2.33. The Balaban J connectivity index is 0. The van der Waals surface area contributed by atoms with Gasteiger partial charge in [0.1, 0.15) is 0 Å². The van der Waals surface area contributed by atoms with Crippen molar-refractivity contribution < 1.29 is 31.8 Å². The van der Waals surface area contributed by atoms with E-state index in [4.69, 9.17) is 0 Å². The molecule has 0 saturated heterocycles. The predicted molar refractivity (Wildman–Crippen MR) is 39.2 cm³/mol. The van der Waals surface area contributed by atoms with Gasteiger partial charge in [-0.1, -0.05) is 6.58 Å².